The molecule has 0 saturated heterocycles. The van der Waals surface area contributed by atoms with Gasteiger partial charge in [-0.05, 0) is 57.8 Å². The Morgan fingerprint density at radius 2 is 0.922 bits per heavy atom. The fourth-order valence-electron chi connectivity index (χ4n) is 6.51. The van der Waals surface area contributed by atoms with E-state index in [0.717, 1.165) is 77.0 Å². The minimum Gasteiger partial charge on any atom is -0.466 e. The highest BCUT2D eigenvalue weighted by Crippen LogP contribution is 2.14. The van der Waals surface area contributed by atoms with Gasteiger partial charge in [-0.15, -0.1) is 0 Å². The van der Waals surface area contributed by atoms with Gasteiger partial charge < -0.3 is 20.3 Å². The molecular weight excluding hydrogens is 634 g/mol. The number of carbonyl (C=O) groups excluding carboxylic acids is 2. The molecule has 0 aliphatic heterocycles. The average molecular weight is 720 g/mol. The normalized spacial score (nSPS) is 12.9. The van der Waals surface area contributed by atoms with Crippen molar-refractivity contribution < 1.29 is 24.5 Å². The van der Waals surface area contributed by atoms with Crippen LogP contribution in [0.3, 0.4) is 0 Å². The Morgan fingerprint density at radius 3 is 1.39 bits per heavy atom. The van der Waals surface area contributed by atoms with Crippen molar-refractivity contribution in [1.82, 2.24) is 5.32 Å². The van der Waals surface area contributed by atoms with Gasteiger partial charge in [0, 0.05) is 12.8 Å². The summed E-state index contributed by atoms with van der Waals surface area (Å²) in [5.41, 5.74) is 0. The van der Waals surface area contributed by atoms with Crippen molar-refractivity contribution in [3.05, 3.63) is 24.3 Å². The highest BCUT2D eigenvalue weighted by atomic mass is 16.5. The van der Waals surface area contributed by atoms with E-state index >= 15 is 0 Å². The van der Waals surface area contributed by atoms with Crippen LogP contribution in [0.25, 0.3) is 0 Å². The van der Waals surface area contributed by atoms with Crippen LogP contribution in [0.15, 0.2) is 24.3 Å². The lowest BCUT2D eigenvalue weighted by molar-refractivity contribution is -0.143. The number of hydrogen-bond donors (Lipinski definition) is 3. The summed E-state index contributed by atoms with van der Waals surface area (Å²) in [6.45, 7) is 4.78. The highest BCUT2D eigenvalue weighted by molar-refractivity contribution is 5.76. The molecule has 0 radical (unpaired) electrons. The number of aliphatic hydroxyl groups excluding tert-OH is 2. The van der Waals surface area contributed by atoms with E-state index in [4.69, 9.17) is 4.74 Å². The van der Waals surface area contributed by atoms with E-state index in [1.807, 2.05) is 6.08 Å². The molecule has 0 fully saturated rings. The molecule has 0 aromatic rings. The molecule has 6 heteroatoms. The van der Waals surface area contributed by atoms with Crippen molar-refractivity contribution in [2.24, 2.45) is 0 Å². The van der Waals surface area contributed by atoms with Gasteiger partial charge >= 0.3 is 5.97 Å². The first kappa shape index (κ1) is 49.3. The monoisotopic (exact) mass is 720 g/mol. The zero-order valence-corrected chi connectivity index (χ0v) is 33.8. The number of allylic oxidation sites excluding steroid dienone is 3. The molecule has 51 heavy (non-hydrogen) atoms. The van der Waals surface area contributed by atoms with E-state index in [0.29, 0.717) is 19.4 Å². The highest BCUT2D eigenvalue weighted by Gasteiger charge is 2.18. The molecule has 0 aliphatic rings. The van der Waals surface area contributed by atoms with Gasteiger partial charge in [-0.1, -0.05) is 179 Å². The number of hydrogen-bond acceptors (Lipinski definition) is 5. The van der Waals surface area contributed by atoms with Crippen molar-refractivity contribution in [3.63, 3.8) is 0 Å². The van der Waals surface area contributed by atoms with Crippen molar-refractivity contribution >= 4 is 11.9 Å². The zero-order valence-electron chi connectivity index (χ0n) is 33.8. The minimum atomic E-state index is -0.863. The van der Waals surface area contributed by atoms with Gasteiger partial charge in [-0.2, -0.15) is 0 Å². The van der Waals surface area contributed by atoms with E-state index in [9.17, 15) is 19.8 Å². The van der Waals surface area contributed by atoms with Crippen LogP contribution >= 0.6 is 0 Å². The summed E-state index contributed by atoms with van der Waals surface area (Å²) in [4.78, 5) is 24.3. The molecule has 0 aromatic heterocycles. The Labute approximate surface area is 316 Å². The minimum absolute atomic E-state index is 0.0375. The van der Waals surface area contributed by atoms with Gasteiger partial charge in [0.05, 0.1) is 25.4 Å². The lowest BCUT2D eigenvalue weighted by atomic mass is 10.0. The van der Waals surface area contributed by atoms with Crippen LogP contribution < -0.4 is 5.32 Å². The summed E-state index contributed by atoms with van der Waals surface area (Å²) in [7, 11) is 0. The number of rotatable bonds is 40. The summed E-state index contributed by atoms with van der Waals surface area (Å²) in [5.74, 6) is -0.144. The van der Waals surface area contributed by atoms with Gasteiger partial charge in [0.15, 0.2) is 0 Å². The second-order valence-corrected chi connectivity index (χ2v) is 15.0. The number of aliphatic hydroxyl groups is 2. The smallest absolute Gasteiger partial charge is 0.305 e. The number of esters is 1. The molecule has 0 bridgehead atoms. The fourth-order valence-corrected chi connectivity index (χ4v) is 6.51. The lowest BCUT2D eigenvalue weighted by Gasteiger charge is -2.20. The van der Waals surface area contributed by atoms with Crippen LogP contribution in [0.1, 0.15) is 226 Å². The summed E-state index contributed by atoms with van der Waals surface area (Å²) in [6.07, 6.45) is 46.0. The van der Waals surface area contributed by atoms with Crippen LogP contribution in [0, 0.1) is 0 Å². The molecular formula is C45H85NO5. The van der Waals surface area contributed by atoms with Crippen LogP contribution in [0.2, 0.25) is 0 Å². The number of carbonyl (C=O) groups is 2. The Bertz CT molecular complexity index is 797. The Hall–Kier alpha value is -1.66. The third kappa shape index (κ3) is 37.9. The standard InChI is InChI=1S/C45H85NO5/c1-3-5-7-9-11-13-15-16-17-18-23-27-31-35-39-45(50)51-40-36-32-28-24-20-19-22-26-30-34-38-44(49)46-42(41-47)43(48)37-33-29-25-21-14-12-10-8-6-4-2/h20,24,33,37,42-43,47-48H,3-19,21-23,25-32,34-36,38-41H2,1-2H3,(H,46,49)/b24-20-,37-33+. The Balaban J connectivity index is 3.55. The zero-order chi connectivity index (χ0) is 37.3. The largest absolute Gasteiger partial charge is 0.466 e. The maximum atomic E-state index is 12.3. The topological polar surface area (TPSA) is 95.9 Å². The summed E-state index contributed by atoms with van der Waals surface area (Å²) in [6, 6.07) is -0.650. The van der Waals surface area contributed by atoms with Crippen LogP contribution in [-0.4, -0.2) is 47.4 Å². The van der Waals surface area contributed by atoms with E-state index in [2.05, 4.69) is 31.3 Å². The fraction of sp³-hybridized carbons (Fsp3) is 0.867. The molecule has 0 spiro atoms. The third-order valence-corrected chi connectivity index (χ3v) is 9.97. The van der Waals surface area contributed by atoms with Gasteiger partial charge in [-0.25, -0.2) is 0 Å². The van der Waals surface area contributed by atoms with Crippen molar-refractivity contribution in [2.75, 3.05) is 13.2 Å². The number of nitrogens with one attached hydrogen (secondary N) is 1. The lowest BCUT2D eigenvalue weighted by Crippen LogP contribution is -2.45. The maximum absolute atomic E-state index is 12.3. The molecule has 0 saturated carbocycles. The number of ether oxygens (including phenoxy) is 1. The van der Waals surface area contributed by atoms with E-state index in [1.165, 1.54) is 122 Å². The summed E-state index contributed by atoms with van der Waals surface area (Å²) >= 11 is 0. The molecule has 1 amide bonds. The van der Waals surface area contributed by atoms with E-state index < -0.39 is 12.1 Å². The van der Waals surface area contributed by atoms with Crippen molar-refractivity contribution in [1.29, 1.82) is 0 Å². The molecule has 2 atom stereocenters. The second-order valence-electron chi connectivity index (χ2n) is 15.0. The van der Waals surface area contributed by atoms with Gasteiger partial charge in [0.2, 0.25) is 5.91 Å². The predicted molar refractivity (Wildman–Crippen MR) is 218 cm³/mol. The van der Waals surface area contributed by atoms with Gasteiger partial charge in [0.1, 0.15) is 0 Å². The van der Waals surface area contributed by atoms with Crippen molar-refractivity contribution in [3.8, 4) is 0 Å². The van der Waals surface area contributed by atoms with Crippen LogP contribution in [-0.2, 0) is 14.3 Å². The Kier molecular flexibility index (Phi) is 39.8. The summed E-state index contributed by atoms with van der Waals surface area (Å²) in [5, 5.41) is 22.8. The molecule has 6 nitrogen and oxygen atoms in total. The molecule has 0 heterocycles. The van der Waals surface area contributed by atoms with Crippen molar-refractivity contribution in [2.45, 2.75) is 238 Å². The molecule has 0 aromatic carbocycles. The predicted octanol–water partition coefficient (Wildman–Crippen LogP) is 12.4. The van der Waals surface area contributed by atoms with E-state index in [-0.39, 0.29) is 18.5 Å². The third-order valence-electron chi connectivity index (χ3n) is 9.97. The first-order valence-electron chi connectivity index (χ1n) is 22.1. The molecule has 3 N–H and O–H groups in total. The first-order chi connectivity index (χ1) is 25.0. The summed E-state index contributed by atoms with van der Waals surface area (Å²) < 4.78 is 5.42. The quantitative estimate of drug-likeness (QED) is 0.0333. The molecule has 300 valence electrons. The Morgan fingerprint density at radius 1 is 0.529 bits per heavy atom. The number of unbranched alkanes of at least 4 members (excludes halogenated alkanes) is 27. The molecule has 0 rings (SSSR count). The maximum Gasteiger partial charge on any atom is 0.305 e. The molecule has 0 aliphatic carbocycles. The van der Waals surface area contributed by atoms with Gasteiger partial charge in [-0.3, -0.25) is 9.59 Å². The van der Waals surface area contributed by atoms with E-state index in [1.54, 1.807) is 6.08 Å². The second kappa shape index (κ2) is 41.1. The average Bonchev–Trinajstić information content (AvgIpc) is 3.13. The van der Waals surface area contributed by atoms with Gasteiger partial charge in [0.25, 0.3) is 0 Å². The molecule has 2 unspecified atom stereocenters. The SMILES string of the molecule is CCCCCCCCCC/C=C/C(O)C(CO)NC(=O)CCCCCC/C=C\CCCCOC(=O)CCCCCCCCCCCCCCCC. The first-order valence-corrected chi connectivity index (χ1v) is 22.1. The van der Waals surface area contributed by atoms with Crippen LogP contribution in [0.4, 0.5) is 0 Å². The number of amides is 1. The van der Waals surface area contributed by atoms with Crippen LogP contribution in [0.5, 0.6) is 0 Å².